The molecule has 0 spiro atoms. The zero-order valence-electron chi connectivity index (χ0n) is 6.24. The van der Waals surface area contributed by atoms with E-state index in [0.717, 1.165) is 0 Å². The van der Waals surface area contributed by atoms with E-state index in [1.807, 2.05) is 0 Å². The summed E-state index contributed by atoms with van der Waals surface area (Å²) in [5, 5.41) is 1.61. The van der Waals surface area contributed by atoms with Crippen LogP contribution in [0.5, 0.6) is 5.88 Å². The van der Waals surface area contributed by atoms with Gasteiger partial charge in [-0.2, -0.15) is 4.98 Å². The number of rotatable bonds is 2. The number of carbonyl (C=O) groups excluding carboxylic acids is 1. The van der Waals surface area contributed by atoms with Crippen molar-refractivity contribution in [3.63, 3.8) is 0 Å². The lowest BCUT2D eigenvalue weighted by molar-refractivity contribution is 0.103. The number of hydrogen-bond acceptors (Lipinski definition) is 5. The van der Waals surface area contributed by atoms with Crippen LogP contribution in [0.1, 0.15) is 6.92 Å². The smallest absolute Gasteiger partial charge is 0.434 e. The second-order valence-electron chi connectivity index (χ2n) is 1.72. The minimum Gasteiger partial charge on any atom is -0.434 e. The summed E-state index contributed by atoms with van der Waals surface area (Å²) in [5.41, 5.74) is 0. The third-order valence-corrected chi connectivity index (χ3v) is 2.25. The summed E-state index contributed by atoms with van der Waals surface area (Å²) in [4.78, 5) is 14.6. The van der Waals surface area contributed by atoms with E-state index in [0.29, 0.717) is 10.5 Å². The highest BCUT2D eigenvalue weighted by atomic mass is 79.9. The molecule has 0 atom stereocenters. The van der Waals surface area contributed by atoms with Crippen molar-refractivity contribution in [1.29, 1.82) is 0 Å². The monoisotopic (exact) mass is 251 g/mol. The molecule has 0 aliphatic heterocycles. The molecule has 1 rings (SSSR count). The Morgan fingerprint density at radius 1 is 1.83 bits per heavy atom. The summed E-state index contributed by atoms with van der Waals surface area (Å²) in [6.07, 6.45) is -0.727. The highest BCUT2D eigenvalue weighted by Gasteiger charge is 2.07. The van der Waals surface area contributed by atoms with Gasteiger partial charge in [0, 0.05) is 0 Å². The second kappa shape index (κ2) is 4.42. The van der Waals surface area contributed by atoms with E-state index in [1.54, 1.807) is 12.3 Å². The van der Waals surface area contributed by atoms with Crippen LogP contribution in [0.25, 0.3) is 0 Å². The average Bonchev–Trinajstić information content (AvgIpc) is 2.36. The van der Waals surface area contributed by atoms with Crippen molar-refractivity contribution in [2.75, 3.05) is 6.61 Å². The van der Waals surface area contributed by atoms with Gasteiger partial charge in [0.2, 0.25) is 5.88 Å². The first-order valence-electron chi connectivity index (χ1n) is 3.18. The molecule has 6 heteroatoms. The van der Waals surface area contributed by atoms with Crippen LogP contribution in [0.4, 0.5) is 4.79 Å². The number of thiazole rings is 1. The van der Waals surface area contributed by atoms with Crippen molar-refractivity contribution < 1.29 is 14.3 Å². The van der Waals surface area contributed by atoms with Crippen molar-refractivity contribution in [3.8, 4) is 5.88 Å². The van der Waals surface area contributed by atoms with Crippen molar-refractivity contribution in [1.82, 2.24) is 4.98 Å². The van der Waals surface area contributed by atoms with Crippen molar-refractivity contribution in [2.24, 2.45) is 0 Å². The quantitative estimate of drug-likeness (QED) is 0.758. The van der Waals surface area contributed by atoms with Gasteiger partial charge in [-0.25, -0.2) is 4.79 Å². The van der Waals surface area contributed by atoms with Crippen LogP contribution in [-0.4, -0.2) is 17.7 Å². The molecule has 0 radical (unpaired) electrons. The fraction of sp³-hybridized carbons (Fsp3) is 0.333. The molecule has 0 aliphatic carbocycles. The van der Waals surface area contributed by atoms with E-state index in [2.05, 4.69) is 30.4 Å². The topological polar surface area (TPSA) is 48.4 Å². The molecule has 1 aromatic rings. The maximum absolute atomic E-state index is 10.7. The van der Waals surface area contributed by atoms with Gasteiger partial charge in [-0.15, -0.1) is 11.3 Å². The van der Waals surface area contributed by atoms with Crippen LogP contribution >= 0.6 is 27.3 Å². The Morgan fingerprint density at radius 2 is 2.58 bits per heavy atom. The Kier molecular flexibility index (Phi) is 3.48. The summed E-state index contributed by atoms with van der Waals surface area (Å²) < 4.78 is 9.90. The Bertz CT molecular complexity index is 276. The van der Waals surface area contributed by atoms with Crippen LogP contribution in [0, 0.1) is 0 Å². The largest absolute Gasteiger partial charge is 0.515 e. The average molecular weight is 252 g/mol. The Labute approximate surface area is 81.6 Å². The maximum Gasteiger partial charge on any atom is 0.515 e. The number of aromatic nitrogens is 1. The van der Waals surface area contributed by atoms with E-state index in [9.17, 15) is 4.79 Å². The van der Waals surface area contributed by atoms with Crippen LogP contribution in [0.15, 0.2) is 9.30 Å². The van der Waals surface area contributed by atoms with Crippen molar-refractivity contribution >= 4 is 33.4 Å². The van der Waals surface area contributed by atoms with E-state index in [-0.39, 0.29) is 5.88 Å². The zero-order valence-corrected chi connectivity index (χ0v) is 8.65. The van der Waals surface area contributed by atoms with Gasteiger partial charge in [-0.3, -0.25) is 0 Å². The number of hydrogen-bond donors (Lipinski definition) is 0. The standard InChI is InChI=1S/C6H6BrNO3S/c1-2-10-6(9)11-4-3-12-5(7)8-4/h3H,2H2,1H3. The fourth-order valence-electron chi connectivity index (χ4n) is 0.518. The summed E-state index contributed by atoms with van der Waals surface area (Å²) >= 11 is 4.47. The Morgan fingerprint density at radius 3 is 3.08 bits per heavy atom. The highest BCUT2D eigenvalue weighted by Crippen LogP contribution is 2.21. The molecule has 0 saturated carbocycles. The summed E-state index contributed by atoms with van der Waals surface area (Å²) in [6.45, 7) is 2.00. The lowest BCUT2D eigenvalue weighted by atomic mass is 10.9. The van der Waals surface area contributed by atoms with Crippen LogP contribution in [0.2, 0.25) is 0 Å². The molecule has 0 fully saturated rings. The summed E-state index contributed by atoms with van der Waals surface area (Å²) in [5.74, 6) is 0.255. The van der Waals surface area contributed by atoms with Crippen LogP contribution in [-0.2, 0) is 4.74 Å². The van der Waals surface area contributed by atoms with Gasteiger partial charge in [-0.05, 0) is 22.9 Å². The predicted molar refractivity (Wildman–Crippen MR) is 47.5 cm³/mol. The molecule has 1 heterocycles. The fourth-order valence-corrected chi connectivity index (χ4v) is 1.41. The van der Waals surface area contributed by atoms with E-state index in [1.165, 1.54) is 11.3 Å². The minimum atomic E-state index is -0.727. The minimum absolute atomic E-state index is 0.255. The van der Waals surface area contributed by atoms with E-state index >= 15 is 0 Å². The zero-order chi connectivity index (χ0) is 8.97. The molecule has 0 bridgehead atoms. The first-order chi connectivity index (χ1) is 5.72. The van der Waals surface area contributed by atoms with Gasteiger partial charge in [-0.1, -0.05) is 0 Å². The number of nitrogens with zero attached hydrogens (tertiary/aromatic N) is 1. The maximum atomic E-state index is 10.7. The highest BCUT2D eigenvalue weighted by molar-refractivity contribution is 9.11. The lowest BCUT2D eigenvalue weighted by Crippen LogP contribution is -2.09. The number of halogens is 1. The van der Waals surface area contributed by atoms with Gasteiger partial charge in [0.1, 0.15) is 0 Å². The van der Waals surface area contributed by atoms with Gasteiger partial charge >= 0.3 is 6.16 Å². The third-order valence-electron chi connectivity index (χ3n) is 0.905. The van der Waals surface area contributed by atoms with Gasteiger partial charge < -0.3 is 9.47 Å². The Hall–Kier alpha value is -0.620. The number of ether oxygens (including phenoxy) is 2. The molecule has 0 amide bonds. The molecule has 0 saturated heterocycles. The molecule has 0 aliphatic rings. The molecule has 0 aromatic carbocycles. The van der Waals surface area contributed by atoms with Crippen molar-refractivity contribution in [2.45, 2.75) is 6.92 Å². The van der Waals surface area contributed by atoms with Crippen LogP contribution < -0.4 is 4.74 Å². The Balaban J connectivity index is 2.46. The molecule has 4 nitrogen and oxygen atoms in total. The van der Waals surface area contributed by atoms with Crippen molar-refractivity contribution in [3.05, 3.63) is 9.30 Å². The SMILES string of the molecule is CCOC(=O)Oc1csc(Br)n1. The lowest BCUT2D eigenvalue weighted by Gasteiger charge is -1.98. The normalized spacial score (nSPS) is 9.50. The first kappa shape index (κ1) is 9.47. The van der Waals surface area contributed by atoms with E-state index in [4.69, 9.17) is 0 Å². The van der Waals surface area contributed by atoms with E-state index < -0.39 is 6.16 Å². The molecule has 1 aromatic heterocycles. The second-order valence-corrected chi connectivity index (χ2v) is 3.86. The third kappa shape index (κ3) is 2.78. The molecule has 66 valence electrons. The summed E-state index contributed by atoms with van der Waals surface area (Å²) in [7, 11) is 0. The molecular formula is C6H6BrNO3S. The predicted octanol–water partition coefficient (Wildman–Crippen LogP) is 2.44. The molecule has 12 heavy (non-hydrogen) atoms. The number of carbonyl (C=O) groups is 1. The van der Waals surface area contributed by atoms with Gasteiger partial charge in [0.05, 0.1) is 12.0 Å². The molecule has 0 N–H and O–H groups in total. The first-order valence-corrected chi connectivity index (χ1v) is 4.85. The molecular weight excluding hydrogens is 246 g/mol. The van der Waals surface area contributed by atoms with Gasteiger partial charge in [0.25, 0.3) is 0 Å². The summed E-state index contributed by atoms with van der Waals surface area (Å²) in [6, 6.07) is 0. The van der Waals surface area contributed by atoms with Crippen LogP contribution in [0.3, 0.4) is 0 Å². The molecule has 0 unspecified atom stereocenters. The van der Waals surface area contributed by atoms with Gasteiger partial charge in [0.15, 0.2) is 3.92 Å².